The van der Waals surface area contributed by atoms with Crippen LogP contribution >= 0.6 is 11.3 Å². The van der Waals surface area contributed by atoms with E-state index in [0.717, 1.165) is 10.2 Å². The quantitative estimate of drug-likeness (QED) is 0.0598. The van der Waals surface area contributed by atoms with E-state index in [1.54, 1.807) is 50.2 Å². The molecule has 0 radical (unpaired) electrons. The molecule has 0 N–H and O–H groups in total. The van der Waals surface area contributed by atoms with Gasteiger partial charge in [0, 0.05) is 19.7 Å². The fraction of sp³-hybridized carbons (Fsp3) is 0.194. The van der Waals surface area contributed by atoms with Gasteiger partial charge in [-0.25, -0.2) is 19.6 Å². The number of methoxy groups -OCH3 is 2. The lowest BCUT2D eigenvalue weighted by atomic mass is 10.1. The Bertz CT molecular complexity index is 1920. The lowest BCUT2D eigenvalue weighted by Crippen LogP contribution is -2.28. The number of hydrogen-bond acceptors (Lipinski definition) is 12. The first-order chi connectivity index (χ1) is 23.0. The van der Waals surface area contributed by atoms with Crippen molar-refractivity contribution in [3.05, 3.63) is 108 Å². The zero-order valence-electron chi connectivity index (χ0n) is 27.0. The van der Waals surface area contributed by atoms with E-state index >= 15 is 0 Å². The largest absolute Gasteiger partial charge is 0.497 e. The van der Waals surface area contributed by atoms with Gasteiger partial charge in [-0.15, -0.1) is 0 Å². The molecular weight excluding hydrogens is 634 g/mol. The molecule has 1 heterocycles. The minimum absolute atomic E-state index is 0.0563. The van der Waals surface area contributed by atoms with Crippen LogP contribution in [0.2, 0.25) is 0 Å². The smallest absolute Gasteiger partial charge is 0.343 e. The number of nitrogens with zero attached hydrogens (tertiary/aromatic N) is 3. The maximum absolute atomic E-state index is 13.0. The van der Waals surface area contributed by atoms with Crippen LogP contribution in [-0.4, -0.2) is 56.0 Å². The van der Waals surface area contributed by atoms with Gasteiger partial charge < -0.3 is 23.7 Å². The number of hydrazone groups is 1. The van der Waals surface area contributed by atoms with Gasteiger partial charge in [-0.05, 0) is 92.7 Å². The maximum Gasteiger partial charge on any atom is 0.343 e. The summed E-state index contributed by atoms with van der Waals surface area (Å²) in [5.41, 5.74) is 1.10. The second-order valence-corrected chi connectivity index (χ2v) is 12.1. The van der Waals surface area contributed by atoms with Crippen molar-refractivity contribution in [3.63, 3.8) is 0 Å². The number of benzene rings is 4. The number of anilines is 1. The van der Waals surface area contributed by atoms with Crippen molar-refractivity contribution in [1.29, 1.82) is 0 Å². The highest BCUT2D eigenvalue weighted by molar-refractivity contribution is 7.22. The summed E-state index contributed by atoms with van der Waals surface area (Å²) in [4.78, 5) is 42.9. The van der Waals surface area contributed by atoms with Crippen LogP contribution in [-0.2, 0) is 9.53 Å². The molecule has 0 amide bonds. The van der Waals surface area contributed by atoms with Crippen LogP contribution in [0.4, 0.5) is 5.13 Å². The Morgan fingerprint density at radius 1 is 0.812 bits per heavy atom. The Kier molecular flexibility index (Phi) is 10.5. The molecule has 48 heavy (non-hydrogen) atoms. The van der Waals surface area contributed by atoms with Gasteiger partial charge in [-0.1, -0.05) is 23.5 Å². The van der Waals surface area contributed by atoms with Crippen molar-refractivity contribution >= 4 is 50.8 Å². The maximum atomic E-state index is 13.0. The molecule has 0 bridgehead atoms. The molecule has 11 nitrogen and oxygen atoms in total. The minimum atomic E-state index is -0.668. The van der Waals surface area contributed by atoms with Crippen LogP contribution in [0.15, 0.2) is 96.1 Å². The summed E-state index contributed by atoms with van der Waals surface area (Å²) >= 11 is 1.47. The zero-order chi connectivity index (χ0) is 34.3. The molecule has 0 aliphatic carbocycles. The number of aromatic nitrogens is 1. The fourth-order valence-corrected chi connectivity index (χ4v) is 5.16. The normalized spacial score (nSPS) is 11.4. The molecule has 1 aromatic heterocycles. The molecule has 246 valence electrons. The van der Waals surface area contributed by atoms with Crippen LogP contribution in [0.25, 0.3) is 10.2 Å². The van der Waals surface area contributed by atoms with Crippen molar-refractivity contribution in [2.24, 2.45) is 5.10 Å². The molecule has 0 saturated heterocycles. The van der Waals surface area contributed by atoms with E-state index in [-0.39, 0.29) is 29.2 Å². The Morgan fingerprint density at radius 3 is 2.08 bits per heavy atom. The predicted molar refractivity (Wildman–Crippen MR) is 183 cm³/mol. The lowest BCUT2D eigenvalue weighted by molar-refractivity contribution is -0.139. The van der Waals surface area contributed by atoms with Crippen molar-refractivity contribution < 1.29 is 38.1 Å². The van der Waals surface area contributed by atoms with Gasteiger partial charge in [0.1, 0.15) is 23.0 Å². The van der Waals surface area contributed by atoms with E-state index in [1.807, 2.05) is 24.3 Å². The number of carbonyl (C=O) groups excluding carboxylic acids is 3. The molecule has 0 saturated carbocycles. The third-order valence-electron chi connectivity index (χ3n) is 7.09. The highest BCUT2D eigenvalue weighted by atomic mass is 32.1. The van der Waals surface area contributed by atoms with E-state index < -0.39 is 23.5 Å². The van der Waals surface area contributed by atoms with Crippen molar-refractivity contribution in [1.82, 2.24) is 4.98 Å². The van der Waals surface area contributed by atoms with Gasteiger partial charge in [0.2, 0.25) is 5.13 Å². The summed E-state index contributed by atoms with van der Waals surface area (Å²) < 4.78 is 28.2. The Labute approximate surface area is 281 Å². The first-order valence-corrected chi connectivity index (χ1v) is 15.6. The second kappa shape index (κ2) is 14.9. The van der Waals surface area contributed by atoms with Crippen LogP contribution in [0.3, 0.4) is 0 Å². The molecule has 0 aliphatic heterocycles. The molecule has 5 aromatic rings. The number of carbonyl (C=O) groups is 3. The third kappa shape index (κ3) is 8.60. The molecule has 0 spiro atoms. The average molecular weight is 668 g/mol. The summed E-state index contributed by atoms with van der Waals surface area (Å²) in [6, 6.07) is 24.8. The van der Waals surface area contributed by atoms with Crippen molar-refractivity contribution in [2.45, 2.75) is 25.9 Å². The number of hydrogen-bond donors (Lipinski definition) is 0. The molecule has 0 fully saturated rings. The molecule has 5 rings (SSSR count). The summed E-state index contributed by atoms with van der Waals surface area (Å²) in [6.45, 7) is 3.56. The second-order valence-electron chi connectivity index (χ2n) is 11.1. The highest BCUT2D eigenvalue weighted by Gasteiger charge is 2.23. The number of para-hydroxylation sites is 1. The van der Waals surface area contributed by atoms with Gasteiger partial charge in [-0.2, -0.15) is 5.10 Å². The highest BCUT2D eigenvalue weighted by Crippen LogP contribution is 2.29. The third-order valence-corrected chi connectivity index (χ3v) is 8.20. The lowest BCUT2D eigenvalue weighted by Gasteiger charge is -2.21. The summed E-state index contributed by atoms with van der Waals surface area (Å²) in [5.74, 6) is -0.445. The van der Waals surface area contributed by atoms with Gasteiger partial charge in [0.25, 0.3) is 0 Å². The van der Waals surface area contributed by atoms with E-state index in [2.05, 4.69) is 10.1 Å². The van der Waals surface area contributed by atoms with Crippen LogP contribution in [0, 0.1) is 0 Å². The van der Waals surface area contributed by atoms with E-state index in [1.165, 1.54) is 74.2 Å². The molecule has 0 aliphatic rings. The SMILES string of the molecule is COc1ccc(C(=O)Oc2ccc(OC(=O)c3ccc(OC(=O)CC(C)(C)OC)cc3)cc2/C=N/N(C)c2nc3ccccc3s2)cc1. The van der Waals surface area contributed by atoms with Gasteiger partial charge in [-0.3, -0.25) is 4.79 Å². The fourth-order valence-electron chi connectivity index (χ4n) is 4.28. The standard InChI is InChI=1S/C36H33N3O8S/c1-36(2,44-5)21-32(40)45-27-16-12-23(13-17-27)33(41)46-28-18-19-30(47-34(42)24-10-14-26(43-4)15-11-24)25(20-28)22-37-39(3)35-38-29-8-6-7-9-31(29)48-35/h6-20,22H,21H2,1-5H3/b37-22+. The van der Waals surface area contributed by atoms with E-state index in [0.29, 0.717) is 22.0 Å². The van der Waals surface area contributed by atoms with Gasteiger partial charge in [0.15, 0.2) is 0 Å². The molecule has 0 unspecified atom stereocenters. The van der Waals surface area contributed by atoms with E-state index in [4.69, 9.17) is 23.7 Å². The molecular formula is C36H33N3O8S. The summed E-state index contributed by atoms with van der Waals surface area (Å²) in [5, 5.41) is 6.78. The number of fused-ring (bicyclic) bond motifs is 1. The van der Waals surface area contributed by atoms with Gasteiger partial charge in [0.05, 0.1) is 46.7 Å². The summed E-state index contributed by atoms with van der Waals surface area (Å²) in [6.07, 6.45) is 1.55. The van der Waals surface area contributed by atoms with Crippen molar-refractivity contribution in [3.8, 4) is 23.0 Å². The molecule has 0 atom stereocenters. The number of ether oxygens (including phenoxy) is 5. The Morgan fingerprint density at radius 2 is 1.44 bits per heavy atom. The number of esters is 3. The monoisotopic (exact) mass is 667 g/mol. The number of rotatable bonds is 12. The van der Waals surface area contributed by atoms with E-state index in [9.17, 15) is 14.4 Å². The minimum Gasteiger partial charge on any atom is -0.497 e. The average Bonchev–Trinajstić information content (AvgIpc) is 3.53. The van der Waals surface area contributed by atoms with Gasteiger partial charge >= 0.3 is 17.9 Å². The Hall–Kier alpha value is -5.59. The number of thiazole rings is 1. The first-order valence-electron chi connectivity index (χ1n) is 14.8. The Balaban J connectivity index is 1.34. The summed E-state index contributed by atoms with van der Waals surface area (Å²) in [7, 11) is 4.81. The molecule has 4 aromatic carbocycles. The van der Waals surface area contributed by atoms with Crippen LogP contribution in [0.5, 0.6) is 23.0 Å². The topological polar surface area (TPSA) is 126 Å². The van der Waals surface area contributed by atoms with Crippen molar-refractivity contribution in [2.75, 3.05) is 26.3 Å². The zero-order valence-corrected chi connectivity index (χ0v) is 27.8. The van der Waals surface area contributed by atoms with Crippen LogP contribution in [0.1, 0.15) is 46.5 Å². The first kappa shape index (κ1) is 33.8. The molecule has 12 heteroatoms. The predicted octanol–water partition coefficient (Wildman–Crippen LogP) is 6.93. The van der Waals surface area contributed by atoms with Crippen LogP contribution < -0.4 is 24.0 Å².